The Bertz CT molecular complexity index is 846. The van der Waals surface area contributed by atoms with Gasteiger partial charge in [0.1, 0.15) is 17.2 Å². The van der Waals surface area contributed by atoms with Crippen molar-refractivity contribution >= 4 is 27.4 Å². The van der Waals surface area contributed by atoms with Crippen molar-refractivity contribution in [3.05, 3.63) is 51.5 Å². The number of phenols is 3. The number of aliphatic imine (C=N–C) groups is 1. The van der Waals surface area contributed by atoms with Crippen LogP contribution in [0, 0.1) is 6.92 Å². The van der Waals surface area contributed by atoms with E-state index in [-0.39, 0.29) is 29.6 Å². The third kappa shape index (κ3) is 4.85. The Morgan fingerprint density at radius 3 is 2.50 bits per heavy atom. The number of benzene rings is 2. The fourth-order valence-electron chi connectivity index (χ4n) is 2.57. The van der Waals surface area contributed by atoms with E-state index in [0.717, 1.165) is 5.56 Å². The zero-order valence-electron chi connectivity index (χ0n) is 14.8. The highest BCUT2D eigenvalue weighted by Crippen LogP contribution is 2.30. The van der Waals surface area contributed by atoms with Crippen molar-refractivity contribution in [2.24, 2.45) is 4.99 Å². The first-order valence-corrected chi connectivity index (χ1v) is 9.17. The van der Waals surface area contributed by atoms with E-state index in [1.165, 1.54) is 6.07 Å². The van der Waals surface area contributed by atoms with Crippen LogP contribution in [0.25, 0.3) is 0 Å². The van der Waals surface area contributed by atoms with Crippen molar-refractivity contribution < 1.29 is 20.1 Å². The summed E-state index contributed by atoms with van der Waals surface area (Å²) in [5.41, 5.74) is 2.43. The summed E-state index contributed by atoms with van der Waals surface area (Å²) in [5.74, 6) is 0.145. The molecule has 0 amide bonds. The number of aryl methyl sites for hydroxylation is 1. The van der Waals surface area contributed by atoms with Gasteiger partial charge in [0.2, 0.25) is 0 Å². The topological polar surface area (TPSA) is 90.1 Å². The van der Waals surface area contributed by atoms with E-state index < -0.39 is 0 Å². The maximum atomic E-state index is 12.1. The standard InChI is InChI=1S/C20H22BrNO4/c1-3-17(15-7-9-18(24)12(2)20(15)26)22-11-14(23)6-4-13-5-8-16(21)19(25)10-13/h5,7-10,24-26H,3-4,6,11H2,1-2H3. The maximum Gasteiger partial charge on any atom is 0.154 e. The number of hydrogen-bond acceptors (Lipinski definition) is 5. The maximum absolute atomic E-state index is 12.1. The molecule has 0 saturated carbocycles. The van der Waals surface area contributed by atoms with Crippen LogP contribution in [0.4, 0.5) is 0 Å². The van der Waals surface area contributed by atoms with Crippen molar-refractivity contribution in [1.29, 1.82) is 0 Å². The zero-order valence-corrected chi connectivity index (χ0v) is 16.4. The Balaban J connectivity index is 2.03. The molecule has 0 radical (unpaired) electrons. The third-order valence-electron chi connectivity index (χ3n) is 4.20. The highest BCUT2D eigenvalue weighted by molar-refractivity contribution is 9.10. The van der Waals surface area contributed by atoms with Crippen LogP contribution in [0.1, 0.15) is 36.5 Å². The van der Waals surface area contributed by atoms with Crippen molar-refractivity contribution in [2.75, 3.05) is 6.54 Å². The average molecular weight is 420 g/mol. The summed E-state index contributed by atoms with van der Waals surface area (Å²) in [7, 11) is 0. The fourth-order valence-corrected chi connectivity index (χ4v) is 2.82. The molecule has 0 atom stereocenters. The lowest BCUT2D eigenvalue weighted by Crippen LogP contribution is -2.08. The SMILES string of the molecule is CCC(=NCC(=O)CCc1ccc(Br)c(O)c1)c1ccc(O)c(C)c1O. The summed E-state index contributed by atoms with van der Waals surface area (Å²) >= 11 is 3.22. The van der Waals surface area contributed by atoms with Crippen LogP contribution in [-0.4, -0.2) is 33.4 Å². The van der Waals surface area contributed by atoms with Crippen LogP contribution in [0.3, 0.4) is 0 Å². The number of carbonyl (C=O) groups excluding carboxylic acids is 1. The average Bonchev–Trinajstić information content (AvgIpc) is 2.62. The minimum atomic E-state index is -0.0200. The molecule has 0 aliphatic rings. The summed E-state index contributed by atoms with van der Waals surface area (Å²) in [6, 6.07) is 8.36. The minimum absolute atomic E-state index is 0.0108. The minimum Gasteiger partial charge on any atom is -0.508 e. The Morgan fingerprint density at radius 2 is 1.85 bits per heavy atom. The molecule has 0 aliphatic heterocycles. The van der Waals surface area contributed by atoms with Crippen LogP contribution in [0.15, 0.2) is 39.8 Å². The van der Waals surface area contributed by atoms with Gasteiger partial charge in [0.15, 0.2) is 5.78 Å². The first-order valence-electron chi connectivity index (χ1n) is 8.37. The van der Waals surface area contributed by atoms with Gasteiger partial charge in [-0.1, -0.05) is 13.0 Å². The first kappa shape index (κ1) is 20.0. The van der Waals surface area contributed by atoms with Gasteiger partial charge in [-0.3, -0.25) is 9.79 Å². The molecule has 0 saturated heterocycles. The van der Waals surface area contributed by atoms with Crippen LogP contribution < -0.4 is 0 Å². The van der Waals surface area contributed by atoms with Crippen LogP contribution in [0.5, 0.6) is 17.2 Å². The molecule has 138 valence electrons. The molecule has 2 aromatic rings. The van der Waals surface area contributed by atoms with Gasteiger partial charge in [0.25, 0.3) is 0 Å². The monoisotopic (exact) mass is 419 g/mol. The molecule has 0 bridgehead atoms. The number of halogens is 1. The number of rotatable bonds is 7. The van der Waals surface area contributed by atoms with E-state index in [0.29, 0.717) is 40.6 Å². The van der Waals surface area contributed by atoms with Gasteiger partial charge in [-0.15, -0.1) is 0 Å². The zero-order chi connectivity index (χ0) is 19.3. The highest BCUT2D eigenvalue weighted by Gasteiger charge is 2.13. The second-order valence-electron chi connectivity index (χ2n) is 6.05. The predicted molar refractivity (Wildman–Crippen MR) is 105 cm³/mol. The lowest BCUT2D eigenvalue weighted by atomic mass is 10.0. The van der Waals surface area contributed by atoms with Crippen molar-refractivity contribution in [1.82, 2.24) is 0 Å². The molecular formula is C20H22BrNO4. The molecule has 0 spiro atoms. The smallest absolute Gasteiger partial charge is 0.154 e. The highest BCUT2D eigenvalue weighted by atomic mass is 79.9. The summed E-state index contributed by atoms with van der Waals surface area (Å²) in [6.07, 6.45) is 1.41. The van der Waals surface area contributed by atoms with Crippen LogP contribution in [-0.2, 0) is 11.2 Å². The molecule has 3 N–H and O–H groups in total. The summed E-state index contributed by atoms with van der Waals surface area (Å²) < 4.78 is 0.619. The lowest BCUT2D eigenvalue weighted by molar-refractivity contribution is -0.117. The molecule has 0 aromatic heterocycles. The van der Waals surface area contributed by atoms with Gasteiger partial charge in [-0.2, -0.15) is 0 Å². The molecule has 0 fully saturated rings. The number of nitrogens with zero attached hydrogens (tertiary/aromatic N) is 1. The Kier molecular flexibility index (Phi) is 6.80. The number of ketones is 1. The molecule has 5 nitrogen and oxygen atoms in total. The lowest BCUT2D eigenvalue weighted by Gasteiger charge is -2.10. The molecule has 2 aromatic carbocycles. The molecule has 0 heterocycles. The number of carbonyl (C=O) groups is 1. The number of phenolic OH excluding ortho intramolecular Hbond substituents is 3. The number of hydrogen-bond donors (Lipinski definition) is 3. The van der Waals surface area contributed by atoms with E-state index >= 15 is 0 Å². The predicted octanol–water partition coefficient (Wildman–Crippen LogP) is 4.28. The first-order chi connectivity index (χ1) is 12.3. The third-order valence-corrected chi connectivity index (χ3v) is 4.87. The Morgan fingerprint density at radius 1 is 1.12 bits per heavy atom. The number of aromatic hydroxyl groups is 3. The van der Waals surface area contributed by atoms with Gasteiger partial charge < -0.3 is 15.3 Å². The fraction of sp³-hybridized carbons (Fsp3) is 0.300. The normalized spacial score (nSPS) is 11.6. The summed E-state index contributed by atoms with van der Waals surface area (Å²) in [5, 5.41) is 29.5. The Labute approximate surface area is 161 Å². The van der Waals surface area contributed by atoms with Crippen molar-refractivity contribution in [3.8, 4) is 17.2 Å². The van der Waals surface area contributed by atoms with Crippen LogP contribution in [0.2, 0.25) is 0 Å². The second kappa shape index (κ2) is 8.85. The van der Waals surface area contributed by atoms with Gasteiger partial charge in [-0.05, 0) is 65.5 Å². The molecule has 26 heavy (non-hydrogen) atoms. The van der Waals surface area contributed by atoms with Gasteiger partial charge in [0.05, 0.1) is 11.0 Å². The van der Waals surface area contributed by atoms with Crippen LogP contribution >= 0.6 is 15.9 Å². The largest absolute Gasteiger partial charge is 0.508 e. The van der Waals surface area contributed by atoms with E-state index in [1.807, 2.05) is 13.0 Å². The van der Waals surface area contributed by atoms with E-state index in [4.69, 9.17) is 0 Å². The quantitative estimate of drug-likeness (QED) is 0.584. The summed E-state index contributed by atoms with van der Waals surface area (Å²) in [6.45, 7) is 3.56. The molecule has 6 heteroatoms. The van der Waals surface area contributed by atoms with Gasteiger partial charge in [-0.25, -0.2) is 0 Å². The van der Waals surface area contributed by atoms with E-state index in [9.17, 15) is 20.1 Å². The second-order valence-corrected chi connectivity index (χ2v) is 6.90. The van der Waals surface area contributed by atoms with E-state index in [2.05, 4.69) is 20.9 Å². The molecule has 0 unspecified atom stereocenters. The summed E-state index contributed by atoms with van der Waals surface area (Å²) in [4.78, 5) is 16.5. The van der Waals surface area contributed by atoms with E-state index in [1.54, 1.807) is 25.1 Å². The van der Waals surface area contributed by atoms with Crippen molar-refractivity contribution in [3.63, 3.8) is 0 Å². The molecular weight excluding hydrogens is 398 g/mol. The molecule has 2 rings (SSSR count). The van der Waals surface area contributed by atoms with Gasteiger partial charge in [0, 0.05) is 23.3 Å². The van der Waals surface area contributed by atoms with Gasteiger partial charge >= 0.3 is 0 Å². The molecule has 0 aliphatic carbocycles. The number of Topliss-reactive ketones (excluding diaryl/α,β-unsaturated/α-hetero) is 1. The Hall–Kier alpha value is -2.34. The van der Waals surface area contributed by atoms with Crippen molar-refractivity contribution in [2.45, 2.75) is 33.1 Å².